The maximum absolute atomic E-state index is 12.3. The van der Waals surface area contributed by atoms with Gasteiger partial charge in [-0.15, -0.1) is 0 Å². The van der Waals surface area contributed by atoms with Crippen LogP contribution in [0, 0.1) is 28.4 Å². The molecule has 0 heterocycles. The molecule has 0 fully saturated rings. The number of carbonyl (C=O) groups excluding carboxylic acids is 1. The number of benzene rings is 2. The first kappa shape index (κ1) is 18.7. The van der Waals surface area contributed by atoms with E-state index < -0.39 is 10.8 Å². The number of hydrogen-bond acceptors (Lipinski definition) is 5. The van der Waals surface area contributed by atoms with Crippen LogP contribution in [0.4, 0.5) is 17.1 Å². The molecule has 0 aliphatic heterocycles. The van der Waals surface area contributed by atoms with E-state index in [0.717, 1.165) is 23.2 Å². The fourth-order valence-electron chi connectivity index (χ4n) is 2.42. The molecule has 0 saturated heterocycles. The summed E-state index contributed by atoms with van der Waals surface area (Å²) in [5.74, 6) is -0.646. The average molecular weight is 350 g/mol. The maximum atomic E-state index is 12.3. The molecule has 2 aromatic rings. The summed E-state index contributed by atoms with van der Waals surface area (Å²) in [5, 5.41) is 25.6. The lowest BCUT2D eigenvalue weighted by molar-refractivity contribution is -0.384. The van der Waals surface area contributed by atoms with E-state index in [2.05, 4.69) is 10.6 Å². The van der Waals surface area contributed by atoms with Gasteiger partial charge in [-0.25, -0.2) is 0 Å². The van der Waals surface area contributed by atoms with Crippen LogP contribution in [-0.2, 0) is 11.2 Å². The second-order valence-corrected chi connectivity index (χ2v) is 5.54. The van der Waals surface area contributed by atoms with Crippen LogP contribution < -0.4 is 10.6 Å². The highest BCUT2D eigenvalue weighted by molar-refractivity contribution is 6.06. The summed E-state index contributed by atoms with van der Waals surface area (Å²) in [6.45, 7) is 3.95. The summed E-state index contributed by atoms with van der Waals surface area (Å²) in [7, 11) is 0. The molecule has 0 saturated carbocycles. The number of nitriles is 1. The molecular formula is C19H18N4O3. The Morgan fingerprint density at radius 3 is 2.69 bits per heavy atom. The van der Waals surface area contributed by atoms with E-state index in [1.165, 1.54) is 30.5 Å². The van der Waals surface area contributed by atoms with E-state index in [1.807, 2.05) is 38.1 Å². The number of nitrogens with one attached hydrogen (secondary N) is 2. The van der Waals surface area contributed by atoms with Gasteiger partial charge < -0.3 is 10.6 Å². The van der Waals surface area contributed by atoms with Gasteiger partial charge >= 0.3 is 0 Å². The molecule has 26 heavy (non-hydrogen) atoms. The molecule has 0 spiro atoms. The van der Waals surface area contributed by atoms with Crippen molar-refractivity contribution in [3.8, 4) is 6.07 Å². The van der Waals surface area contributed by atoms with Gasteiger partial charge in [0, 0.05) is 29.7 Å². The van der Waals surface area contributed by atoms with Crippen molar-refractivity contribution in [3.63, 3.8) is 0 Å². The van der Waals surface area contributed by atoms with Gasteiger partial charge in [0.1, 0.15) is 11.6 Å². The van der Waals surface area contributed by atoms with Crippen LogP contribution in [0.2, 0.25) is 0 Å². The van der Waals surface area contributed by atoms with Gasteiger partial charge in [-0.2, -0.15) is 5.26 Å². The van der Waals surface area contributed by atoms with Crippen molar-refractivity contribution < 1.29 is 9.72 Å². The molecule has 2 rings (SSSR count). The summed E-state index contributed by atoms with van der Waals surface area (Å²) in [6, 6.07) is 13.2. The van der Waals surface area contributed by atoms with Crippen LogP contribution in [-0.4, -0.2) is 10.8 Å². The van der Waals surface area contributed by atoms with Gasteiger partial charge in [0.05, 0.1) is 4.92 Å². The summed E-state index contributed by atoms with van der Waals surface area (Å²) in [5.41, 5.74) is 2.88. The molecule has 0 unspecified atom stereocenters. The lowest BCUT2D eigenvalue weighted by atomic mass is 10.1. The van der Waals surface area contributed by atoms with Crippen LogP contribution in [0.15, 0.2) is 54.2 Å². The van der Waals surface area contributed by atoms with Crippen LogP contribution in [0.5, 0.6) is 0 Å². The lowest BCUT2D eigenvalue weighted by Crippen LogP contribution is -2.15. The van der Waals surface area contributed by atoms with Gasteiger partial charge in [0.15, 0.2) is 0 Å². The number of nitrogens with zero attached hydrogens (tertiary/aromatic N) is 2. The maximum Gasteiger partial charge on any atom is 0.271 e. The second kappa shape index (κ2) is 8.44. The SMILES string of the molecule is CCc1cccc(C)c1N/C=C(/C#N)C(=O)Nc1cccc([N+](=O)[O-])c1. The molecule has 7 nitrogen and oxygen atoms in total. The topological polar surface area (TPSA) is 108 Å². The number of carbonyl (C=O) groups is 1. The molecular weight excluding hydrogens is 332 g/mol. The van der Waals surface area contributed by atoms with E-state index in [0.29, 0.717) is 0 Å². The van der Waals surface area contributed by atoms with Crippen molar-refractivity contribution in [2.24, 2.45) is 0 Å². The minimum Gasteiger partial charge on any atom is -0.360 e. The van der Waals surface area contributed by atoms with Crippen molar-refractivity contribution in [1.82, 2.24) is 0 Å². The zero-order valence-corrected chi connectivity index (χ0v) is 14.4. The Labute approximate surface area is 151 Å². The van der Waals surface area contributed by atoms with Crippen LogP contribution in [0.1, 0.15) is 18.1 Å². The Kier molecular flexibility index (Phi) is 6.06. The quantitative estimate of drug-likeness (QED) is 0.355. The number of aryl methyl sites for hydroxylation is 2. The first-order chi connectivity index (χ1) is 12.5. The van der Waals surface area contributed by atoms with Gasteiger partial charge in [-0.1, -0.05) is 31.2 Å². The van der Waals surface area contributed by atoms with E-state index in [-0.39, 0.29) is 16.9 Å². The highest BCUT2D eigenvalue weighted by Crippen LogP contribution is 2.22. The summed E-state index contributed by atoms with van der Waals surface area (Å²) in [4.78, 5) is 22.5. The molecule has 0 bridgehead atoms. The van der Waals surface area contributed by atoms with Crippen molar-refractivity contribution in [3.05, 3.63) is 75.5 Å². The molecule has 0 aliphatic carbocycles. The summed E-state index contributed by atoms with van der Waals surface area (Å²) < 4.78 is 0. The third-order valence-corrected chi connectivity index (χ3v) is 3.78. The monoisotopic (exact) mass is 350 g/mol. The number of anilines is 2. The van der Waals surface area contributed by atoms with Crippen molar-refractivity contribution >= 4 is 23.0 Å². The average Bonchev–Trinajstić information content (AvgIpc) is 2.63. The molecule has 2 N–H and O–H groups in total. The number of nitro groups is 1. The first-order valence-electron chi connectivity index (χ1n) is 7.97. The zero-order valence-electron chi connectivity index (χ0n) is 14.4. The third kappa shape index (κ3) is 4.45. The Hall–Kier alpha value is -3.66. The van der Waals surface area contributed by atoms with Gasteiger partial charge in [-0.3, -0.25) is 14.9 Å². The number of rotatable bonds is 6. The Bertz CT molecular complexity index is 913. The highest BCUT2D eigenvalue weighted by atomic mass is 16.6. The molecule has 0 aromatic heterocycles. The van der Waals surface area contributed by atoms with Crippen molar-refractivity contribution in [1.29, 1.82) is 5.26 Å². The van der Waals surface area contributed by atoms with Gasteiger partial charge in [0.2, 0.25) is 0 Å². The molecule has 0 radical (unpaired) electrons. The Morgan fingerprint density at radius 1 is 1.31 bits per heavy atom. The number of amides is 1. The number of nitro benzene ring substituents is 1. The first-order valence-corrected chi connectivity index (χ1v) is 7.97. The van der Waals surface area contributed by atoms with Crippen molar-refractivity contribution in [2.45, 2.75) is 20.3 Å². The van der Waals surface area contributed by atoms with Crippen molar-refractivity contribution in [2.75, 3.05) is 10.6 Å². The normalized spacial score (nSPS) is 10.7. The zero-order chi connectivity index (χ0) is 19.1. The molecule has 0 atom stereocenters. The molecule has 1 amide bonds. The summed E-state index contributed by atoms with van der Waals surface area (Å²) >= 11 is 0. The van der Waals surface area contributed by atoms with E-state index in [4.69, 9.17) is 0 Å². The fraction of sp³-hybridized carbons (Fsp3) is 0.158. The van der Waals surface area contributed by atoms with E-state index in [9.17, 15) is 20.2 Å². The molecule has 2 aromatic carbocycles. The molecule has 7 heteroatoms. The molecule has 0 aliphatic rings. The van der Waals surface area contributed by atoms with Crippen LogP contribution in [0.25, 0.3) is 0 Å². The number of para-hydroxylation sites is 1. The number of hydrogen-bond donors (Lipinski definition) is 2. The van der Waals surface area contributed by atoms with Crippen LogP contribution in [0.3, 0.4) is 0 Å². The van der Waals surface area contributed by atoms with E-state index in [1.54, 1.807) is 0 Å². The second-order valence-electron chi connectivity index (χ2n) is 5.54. The van der Waals surface area contributed by atoms with Crippen LogP contribution >= 0.6 is 0 Å². The molecule has 132 valence electrons. The summed E-state index contributed by atoms with van der Waals surface area (Å²) in [6.07, 6.45) is 2.15. The van der Waals surface area contributed by atoms with E-state index >= 15 is 0 Å². The highest BCUT2D eigenvalue weighted by Gasteiger charge is 2.12. The third-order valence-electron chi connectivity index (χ3n) is 3.78. The standard InChI is InChI=1S/C19H18N4O3/c1-3-14-7-4-6-13(2)18(14)21-12-15(11-20)19(24)22-16-8-5-9-17(10-16)23(25)26/h4-10,12,21H,3H2,1-2H3,(H,22,24)/b15-12-. The minimum absolute atomic E-state index is 0.137. The predicted octanol–water partition coefficient (Wildman–Crippen LogP) is 3.92. The Balaban J connectivity index is 2.19. The largest absolute Gasteiger partial charge is 0.360 e. The minimum atomic E-state index is -0.646. The van der Waals surface area contributed by atoms with Gasteiger partial charge in [-0.05, 0) is 30.5 Å². The fourth-order valence-corrected chi connectivity index (χ4v) is 2.42. The number of non-ortho nitro benzene ring substituents is 1. The predicted molar refractivity (Wildman–Crippen MR) is 99.6 cm³/mol. The smallest absolute Gasteiger partial charge is 0.271 e. The Morgan fingerprint density at radius 2 is 2.04 bits per heavy atom. The van der Waals surface area contributed by atoms with Gasteiger partial charge in [0.25, 0.3) is 11.6 Å². The lowest BCUT2D eigenvalue weighted by Gasteiger charge is -2.11.